The summed E-state index contributed by atoms with van der Waals surface area (Å²) < 4.78 is 15.9. The fraction of sp³-hybridized carbons (Fsp3) is 0.778. The van der Waals surface area contributed by atoms with Gasteiger partial charge in [-0.2, -0.15) is 0 Å². The van der Waals surface area contributed by atoms with Gasteiger partial charge in [-0.25, -0.2) is 0 Å². The van der Waals surface area contributed by atoms with E-state index in [4.69, 9.17) is 14.2 Å². The smallest absolute Gasteiger partial charge is 0.0920 e. The van der Waals surface area contributed by atoms with Crippen LogP contribution in [-0.4, -0.2) is 32.0 Å². The van der Waals surface area contributed by atoms with Crippen molar-refractivity contribution in [2.75, 3.05) is 26.4 Å². The van der Waals surface area contributed by atoms with Crippen molar-refractivity contribution < 1.29 is 14.2 Å². The lowest BCUT2D eigenvalue weighted by Gasteiger charge is -2.33. The molecule has 0 saturated carbocycles. The van der Waals surface area contributed by atoms with Gasteiger partial charge in [-0.05, 0) is 6.92 Å². The Labute approximate surface area is 73.3 Å². The van der Waals surface area contributed by atoms with Gasteiger partial charge in [0.1, 0.15) is 0 Å². The third kappa shape index (κ3) is 2.83. The van der Waals surface area contributed by atoms with E-state index < -0.39 is 0 Å². The molecule has 0 aromatic heterocycles. The highest BCUT2D eigenvalue weighted by atomic mass is 16.6. The Morgan fingerprint density at radius 1 is 1.58 bits per heavy atom. The first-order valence-electron chi connectivity index (χ1n) is 4.21. The first-order chi connectivity index (χ1) is 5.77. The third-order valence-electron chi connectivity index (χ3n) is 1.95. The largest absolute Gasteiger partial charge is 0.502 e. The molecule has 0 amide bonds. The van der Waals surface area contributed by atoms with Gasteiger partial charge < -0.3 is 14.2 Å². The minimum atomic E-state index is -0.165. The average Bonchev–Trinajstić information content (AvgIpc) is 2.06. The van der Waals surface area contributed by atoms with E-state index in [0.29, 0.717) is 26.4 Å². The summed E-state index contributed by atoms with van der Waals surface area (Å²) >= 11 is 0. The average molecular weight is 172 g/mol. The third-order valence-corrected chi connectivity index (χ3v) is 1.95. The summed E-state index contributed by atoms with van der Waals surface area (Å²) in [4.78, 5) is 0. The molecular weight excluding hydrogens is 156 g/mol. The van der Waals surface area contributed by atoms with Gasteiger partial charge >= 0.3 is 0 Å². The monoisotopic (exact) mass is 172 g/mol. The summed E-state index contributed by atoms with van der Waals surface area (Å²) in [6.45, 7) is 8.21. The number of hydrogen-bond donors (Lipinski definition) is 0. The summed E-state index contributed by atoms with van der Waals surface area (Å²) in [5.41, 5.74) is -0.165. The molecule has 0 radical (unpaired) electrons. The van der Waals surface area contributed by atoms with Crippen molar-refractivity contribution in [3.05, 3.63) is 12.8 Å². The lowest BCUT2D eigenvalue weighted by atomic mass is 10.0. The standard InChI is InChI=1S/C9H16O3/c1-3-10-5-4-9(2)8-11-6-7-12-9/h3H,1,4-8H2,2H3. The van der Waals surface area contributed by atoms with Gasteiger partial charge in [0, 0.05) is 6.42 Å². The normalized spacial score (nSPS) is 29.8. The van der Waals surface area contributed by atoms with E-state index in [1.807, 2.05) is 6.92 Å². The lowest BCUT2D eigenvalue weighted by molar-refractivity contribution is -0.154. The highest BCUT2D eigenvalue weighted by Crippen LogP contribution is 2.19. The molecule has 0 aliphatic carbocycles. The Kier molecular flexibility index (Phi) is 3.56. The van der Waals surface area contributed by atoms with E-state index in [1.54, 1.807) is 0 Å². The summed E-state index contributed by atoms with van der Waals surface area (Å²) in [6, 6.07) is 0. The summed E-state index contributed by atoms with van der Waals surface area (Å²) in [6.07, 6.45) is 2.30. The van der Waals surface area contributed by atoms with Crippen molar-refractivity contribution in [3.8, 4) is 0 Å². The Morgan fingerprint density at radius 3 is 3.00 bits per heavy atom. The Bertz CT molecular complexity index is 139. The van der Waals surface area contributed by atoms with E-state index in [2.05, 4.69) is 6.58 Å². The highest BCUT2D eigenvalue weighted by molar-refractivity contribution is 4.77. The number of ether oxygens (including phenoxy) is 3. The van der Waals surface area contributed by atoms with E-state index >= 15 is 0 Å². The molecule has 1 aliphatic rings. The van der Waals surface area contributed by atoms with Crippen LogP contribution in [0.2, 0.25) is 0 Å². The lowest BCUT2D eigenvalue weighted by Crippen LogP contribution is -2.41. The molecule has 1 heterocycles. The molecule has 1 rings (SSSR count). The quantitative estimate of drug-likeness (QED) is 0.473. The molecule has 0 spiro atoms. The summed E-state index contributed by atoms with van der Waals surface area (Å²) in [5.74, 6) is 0. The van der Waals surface area contributed by atoms with Crippen LogP contribution in [0.1, 0.15) is 13.3 Å². The summed E-state index contributed by atoms with van der Waals surface area (Å²) in [7, 11) is 0. The van der Waals surface area contributed by atoms with E-state index in [-0.39, 0.29) is 5.60 Å². The van der Waals surface area contributed by atoms with Crippen LogP contribution in [0, 0.1) is 0 Å². The maximum absolute atomic E-state index is 5.57. The zero-order valence-electron chi connectivity index (χ0n) is 7.54. The van der Waals surface area contributed by atoms with Crippen molar-refractivity contribution in [2.24, 2.45) is 0 Å². The molecule has 12 heavy (non-hydrogen) atoms. The molecule has 1 atom stereocenters. The Morgan fingerprint density at radius 2 is 2.42 bits per heavy atom. The molecule has 1 saturated heterocycles. The molecule has 0 N–H and O–H groups in total. The van der Waals surface area contributed by atoms with Crippen LogP contribution in [0.3, 0.4) is 0 Å². The fourth-order valence-corrected chi connectivity index (χ4v) is 1.18. The summed E-state index contributed by atoms with van der Waals surface area (Å²) in [5, 5.41) is 0. The molecule has 1 aliphatic heterocycles. The molecule has 1 unspecified atom stereocenters. The van der Waals surface area contributed by atoms with Gasteiger partial charge in [0.25, 0.3) is 0 Å². The predicted molar refractivity (Wildman–Crippen MR) is 45.9 cm³/mol. The van der Waals surface area contributed by atoms with E-state index in [1.165, 1.54) is 6.26 Å². The molecular formula is C9H16O3. The SMILES string of the molecule is C=COCCC1(C)COCCO1. The van der Waals surface area contributed by atoms with Crippen molar-refractivity contribution >= 4 is 0 Å². The molecule has 1 fully saturated rings. The van der Waals surface area contributed by atoms with Gasteiger partial charge in [0.2, 0.25) is 0 Å². The molecule has 70 valence electrons. The van der Waals surface area contributed by atoms with Crippen molar-refractivity contribution in [3.63, 3.8) is 0 Å². The first-order valence-corrected chi connectivity index (χ1v) is 4.21. The van der Waals surface area contributed by atoms with Gasteiger partial charge in [-0.3, -0.25) is 0 Å². The molecule has 0 bridgehead atoms. The van der Waals surface area contributed by atoms with Crippen LogP contribution < -0.4 is 0 Å². The van der Waals surface area contributed by atoms with Crippen molar-refractivity contribution in [1.82, 2.24) is 0 Å². The molecule has 3 heteroatoms. The number of rotatable bonds is 4. The van der Waals surface area contributed by atoms with Crippen LogP contribution in [-0.2, 0) is 14.2 Å². The Balaban J connectivity index is 2.21. The van der Waals surface area contributed by atoms with Gasteiger partial charge in [-0.15, -0.1) is 0 Å². The van der Waals surface area contributed by atoms with Crippen LogP contribution >= 0.6 is 0 Å². The second-order valence-corrected chi connectivity index (χ2v) is 3.14. The van der Waals surface area contributed by atoms with Gasteiger partial charge in [0.05, 0.1) is 38.3 Å². The second-order valence-electron chi connectivity index (χ2n) is 3.14. The topological polar surface area (TPSA) is 27.7 Å². The zero-order chi connectivity index (χ0) is 8.86. The van der Waals surface area contributed by atoms with E-state index in [0.717, 1.165) is 6.42 Å². The maximum Gasteiger partial charge on any atom is 0.0920 e. The van der Waals surface area contributed by atoms with Gasteiger partial charge in [0.15, 0.2) is 0 Å². The second kappa shape index (κ2) is 4.48. The molecule has 3 nitrogen and oxygen atoms in total. The molecule has 0 aromatic carbocycles. The number of hydrogen-bond acceptors (Lipinski definition) is 3. The molecule has 0 aromatic rings. The van der Waals surface area contributed by atoms with Crippen molar-refractivity contribution in [2.45, 2.75) is 18.9 Å². The van der Waals surface area contributed by atoms with E-state index in [9.17, 15) is 0 Å². The highest BCUT2D eigenvalue weighted by Gasteiger charge is 2.28. The van der Waals surface area contributed by atoms with Crippen LogP contribution in [0.4, 0.5) is 0 Å². The minimum absolute atomic E-state index is 0.165. The zero-order valence-corrected chi connectivity index (χ0v) is 7.54. The van der Waals surface area contributed by atoms with Crippen LogP contribution in [0.15, 0.2) is 12.8 Å². The Hall–Kier alpha value is -0.540. The van der Waals surface area contributed by atoms with Crippen LogP contribution in [0.25, 0.3) is 0 Å². The first kappa shape index (κ1) is 9.55. The van der Waals surface area contributed by atoms with Gasteiger partial charge in [-0.1, -0.05) is 6.58 Å². The predicted octanol–water partition coefficient (Wildman–Crippen LogP) is 1.34. The maximum atomic E-state index is 5.57. The van der Waals surface area contributed by atoms with Crippen molar-refractivity contribution in [1.29, 1.82) is 0 Å². The van der Waals surface area contributed by atoms with Crippen LogP contribution in [0.5, 0.6) is 0 Å². The fourth-order valence-electron chi connectivity index (χ4n) is 1.18. The minimum Gasteiger partial charge on any atom is -0.502 e.